The van der Waals surface area contributed by atoms with Crippen LogP contribution in [0.15, 0.2) is 54.6 Å². The molecule has 0 fully saturated rings. The van der Waals surface area contributed by atoms with Crippen molar-refractivity contribution in [2.24, 2.45) is 0 Å². The summed E-state index contributed by atoms with van der Waals surface area (Å²) < 4.78 is 5.08. The summed E-state index contributed by atoms with van der Waals surface area (Å²) in [6, 6.07) is 16.0. The van der Waals surface area contributed by atoms with Crippen LogP contribution in [0.5, 0.6) is 5.75 Å². The number of nitrogens with one attached hydrogen (secondary N) is 3. The van der Waals surface area contributed by atoms with Crippen LogP contribution in [0.1, 0.15) is 6.92 Å². The number of likely N-dealkylation sites (N-methyl/N-ethyl adjacent to an activating group) is 1. The monoisotopic (exact) mass is 342 g/mol. The van der Waals surface area contributed by atoms with Crippen LogP contribution in [0.4, 0.5) is 11.4 Å². The molecule has 132 valence electrons. The first kappa shape index (κ1) is 18.5. The summed E-state index contributed by atoms with van der Waals surface area (Å²) in [5, 5.41) is 5.67. The van der Waals surface area contributed by atoms with E-state index in [9.17, 15) is 9.59 Å². The Morgan fingerprint density at radius 2 is 1.60 bits per heavy atom. The zero-order chi connectivity index (χ0) is 18.2. The van der Waals surface area contributed by atoms with Gasteiger partial charge in [-0.25, -0.2) is 0 Å². The molecule has 0 aliphatic rings. The van der Waals surface area contributed by atoms with Crippen molar-refractivity contribution in [3.8, 4) is 5.75 Å². The zero-order valence-electron chi connectivity index (χ0n) is 14.7. The van der Waals surface area contributed by atoms with Gasteiger partial charge in [-0.3, -0.25) is 9.59 Å². The first-order chi connectivity index (χ1) is 12.0. The molecule has 0 heterocycles. The van der Waals surface area contributed by atoms with E-state index < -0.39 is 0 Å². The summed E-state index contributed by atoms with van der Waals surface area (Å²) in [6.07, 6.45) is 0. The Morgan fingerprint density at radius 1 is 1.00 bits per heavy atom. The predicted octanol–water partition coefficient (Wildman–Crippen LogP) is 1.18. The van der Waals surface area contributed by atoms with Crippen molar-refractivity contribution in [2.75, 3.05) is 31.3 Å². The van der Waals surface area contributed by atoms with Gasteiger partial charge in [0, 0.05) is 11.4 Å². The van der Waals surface area contributed by atoms with Gasteiger partial charge in [-0.1, -0.05) is 18.2 Å². The maximum Gasteiger partial charge on any atom is 0.282 e. The standard InChI is InChI=1S/C19H23N3O3/c1-14(19(24)21-15-7-5-4-6-8-15)22(2)13-18(23)20-16-9-11-17(25-3)12-10-16/h4-12,14H,13H2,1-3H3,(H,20,23)(H,21,24)/p+1/t14-/m0/s1. The van der Waals surface area contributed by atoms with Crippen molar-refractivity contribution in [1.82, 2.24) is 0 Å². The molecule has 0 saturated carbocycles. The largest absolute Gasteiger partial charge is 0.497 e. The smallest absolute Gasteiger partial charge is 0.282 e. The van der Waals surface area contributed by atoms with Gasteiger partial charge in [0.15, 0.2) is 12.6 Å². The molecule has 3 N–H and O–H groups in total. The van der Waals surface area contributed by atoms with Gasteiger partial charge >= 0.3 is 0 Å². The van der Waals surface area contributed by atoms with Crippen molar-refractivity contribution >= 4 is 23.2 Å². The average molecular weight is 342 g/mol. The normalized spacial score (nSPS) is 12.8. The van der Waals surface area contributed by atoms with E-state index in [0.717, 1.165) is 16.3 Å². The van der Waals surface area contributed by atoms with Gasteiger partial charge < -0.3 is 20.3 Å². The quantitative estimate of drug-likeness (QED) is 0.707. The van der Waals surface area contributed by atoms with E-state index in [1.54, 1.807) is 38.3 Å². The molecule has 2 atom stereocenters. The molecule has 2 aromatic rings. The number of hydrogen-bond acceptors (Lipinski definition) is 3. The molecule has 2 amide bonds. The van der Waals surface area contributed by atoms with E-state index in [1.807, 2.05) is 37.4 Å². The Kier molecular flexibility index (Phi) is 6.54. The fraction of sp³-hybridized carbons (Fsp3) is 0.263. The SMILES string of the molecule is COc1ccc(NC(=O)C[NH+](C)[C@@H](C)C(=O)Nc2ccccc2)cc1. The molecule has 6 nitrogen and oxygen atoms in total. The summed E-state index contributed by atoms with van der Waals surface area (Å²) in [5.41, 5.74) is 1.44. The second-order valence-corrected chi connectivity index (χ2v) is 5.88. The first-order valence-corrected chi connectivity index (χ1v) is 8.11. The van der Waals surface area contributed by atoms with E-state index >= 15 is 0 Å². The summed E-state index contributed by atoms with van der Waals surface area (Å²) >= 11 is 0. The minimum Gasteiger partial charge on any atom is -0.497 e. The molecule has 1 unspecified atom stereocenters. The van der Waals surface area contributed by atoms with Gasteiger partial charge in [-0.2, -0.15) is 0 Å². The highest BCUT2D eigenvalue weighted by atomic mass is 16.5. The number of quaternary nitrogens is 1. The molecule has 0 aromatic heterocycles. The van der Waals surface area contributed by atoms with Crippen LogP contribution in [-0.4, -0.2) is 38.6 Å². The highest BCUT2D eigenvalue weighted by molar-refractivity contribution is 5.94. The number of hydrogen-bond donors (Lipinski definition) is 3. The van der Waals surface area contributed by atoms with E-state index in [0.29, 0.717) is 5.69 Å². The summed E-state index contributed by atoms with van der Waals surface area (Å²) in [6.45, 7) is 1.99. The average Bonchev–Trinajstić information content (AvgIpc) is 2.62. The fourth-order valence-corrected chi connectivity index (χ4v) is 2.28. The maximum absolute atomic E-state index is 12.3. The van der Waals surface area contributed by atoms with Gasteiger partial charge in [0.2, 0.25) is 0 Å². The molecule has 0 saturated heterocycles. The minimum atomic E-state index is -0.359. The number of methoxy groups -OCH3 is 1. The summed E-state index contributed by atoms with van der Waals surface area (Å²) in [7, 11) is 3.41. The number of amides is 2. The van der Waals surface area contributed by atoms with Crippen molar-refractivity contribution in [3.63, 3.8) is 0 Å². The number of carbonyl (C=O) groups excluding carboxylic acids is 2. The van der Waals surface area contributed by atoms with E-state index in [2.05, 4.69) is 10.6 Å². The minimum absolute atomic E-state index is 0.124. The highest BCUT2D eigenvalue weighted by Gasteiger charge is 2.24. The zero-order valence-corrected chi connectivity index (χ0v) is 14.7. The van der Waals surface area contributed by atoms with Crippen LogP contribution in [0.25, 0.3) is 0 Å². The Balaban J connectivity index is 1.85. The van der Waals surface area contributed by atoms with Gasteiger partial charge in [0.1, 0.15) is 5.75 Å². The lowest BCUT2D eigenvalue weighted by Gasteiger charge is -2.20. The Morgan fingerprint density at radius 3 is 2.20 bits per heavy atom. The van der Waals surface area contributed by atoms with Crippen molar-refractivity contribution in [2.45, 2.75) is 13.0 Å². The summed E-state index contributed by atoms with van der Waals surface area (Å²) in [5.74, 6) is 0.454. The Labute approximate surface area is 147 Å². The first-order valence-electron chi connectivity index (χ1n) is 8.11. The Hall–Kier alpha value is -2.86. The van der Waals surface area contributed by atoms with Crippen LogP contribution in [0.2, 0.25) is 0 Å². The van der Waals surface area contributed by atoms with E-state index in [4.69, 9.17) is 4.74 Å². The molecule has 0 radical (unpaired) electrons. The third kappa shape index (κ3) is 5.61. The third-order valence-corrected chi connectivity index (χ3v) is 3.99. The van der Waals surface area contributed by atoms with Crippen LogP contribution >= 0.6 is 0 Å². The Bertz CT molecular complexity index is 702. The predicted molar refractivity (Wildman–Crippen MR) is 97.9 cm³/mol. The number of anilines is 2. The van der Waals surface area contributed by atoms with E-state index in [1.165, 1.54) is 0 Å². The molecular formula is C19H24N3O3+. The van der Waals surface area contributed by atoms with Gasteiger partial charge in [0.05, 0.1) is 14.2 Å². The molecule has 6 heteroatoms. The van der Waals surface area contributed by atoms with E-state index in [-0.39, 0.29) is 24.4 Å². The number of carbonyl (C=O) groups is 2. The maximum atomic E-state index is 12.3. The second-order valence-electron chi connectivity index (χ2n) is 5.88. The topological polar surface area (TPSA) is 71.9 Å². The van der Waals surface area contributed by atoms with Gasteiger partial charge in [-0.05, 0) is 43.3 Å². The second kappa shape index (κ2) is 8.84. The number of rotatable bonds is 7. The lowest BCUT2D eigenvalue weighted by molar-refractivity contribution is -0.885. The number of ether oxygens (including phenoxy) is 1. The molecule has 2 aromatic carbocycles. The third-order valence-electron chi connectivity index (χ3n) is 3.99. The lowest BCUT2D eigenvalue weighted by Crippen LogP contribution is -3.14. The highest BCUT2D eigenvalue weighted by Crippen LogP contribution is 2.14. The molecule has 0 aliphatic heterocycles. The summed E-state index contributed by atoms with van der Waals surface area (Å²) in [4.78, 5) is 25.3. The fourth-order valence-electron chi connectivity index (χ4n) is 2.28. The van der Waals surface area contributed by atoms with Gasteiger partial charge in [0.25, 0.3) is 11.8 Å². The molecule has 0 aliphatic carbocycles. The van der Waals surface area contributed by atoms with Crippen LogP contribution in [0, 0.1) is 0 Å². The van der Waals surface area contributed by atoms with Crippen LogP contribution in [0.3, 0.4) is 0 Å². The molecule has 2 rings (SSSR count). The number of para-hydroxylation sites is 1. The van der Waals surface area contributed by atoms with Gasteiger partial charge in [-0.15, -0.1) is 0 Å². The lowest BCUT2D eigenvalue weighted by atomic mass is 10.2. The molecule has 0 bridgehead atoms. The number of benzene rings is 2. The van der Waals surface area contributed by atoms with Crippen LogP contribution in [-0.2, 0) is 9.59 Å². The molecule has 0 spiro atoms. The van der Waals surface area contributed by atoms with Crippen LogP contribution < -0.4 is 20.3 Å². The molecule has 25 heavy (non-hydrogen) atoms. The van der Waals surface area contributed by atoms with Crippen molar-refractivity contribution in [1.29, 1.82) is 0 Å². The van der Waals surface area contributed by atoms with Crippen molar-refractivity contribution < 1.29 is 19.2 Å². The van der Waals surface area contributed by atoms with Crippen molar-refractivity contribution in [3.05, 3.63) is 54.6 Å². The molecular weight excluding hydrogens is 318 g/mol.